The lowest BCUT2D eigenvalue weighted by Gasteiger charge is -2.13. The van der Waals surface area contributed by atoms with Crippen LogP contribution in [-0.4, -0.2) is 21.4 Å². The predicted molar refractivity (Wildman–Crippen MR) is 67.2 cm³/mol. The van der Waals surface area contributed by atoms with Crippen LogP contribution in [0.15, 0.2) is 30.3 Å². The minimum atomic E-state index is 0.0398. The summed E-state index contributed by atoms with van der Waals surface area (Å²) in [7, 11) is 0. The molecule has 1 atom stereocenters. The minimum Gasteiger partial charge on any atom is -0.370 e. The molecule has 5 heteroatoms. The molecule has 1 aliphatic rings. The third-order valence-corrected chi connectivity index (χ3v) is 3.17. The highest BCUT2D eigenvalue weighted by Crippen LogP contribution is 2.29. The monoisotopic (exact) mass is 244 g/mol. The second kappa shape index (κ2) is 4.88. The molecule has 18 heavy (non-hydrogen) atoms. The second-order valence-electron chi connectivity index (χ2n) is 4.35. The van der Waals surface area contributed by atoms with Crippen molar-refractivity contribution in [1.82, 2.24) is 14.8 Å². The summed E-state index contributed by atoms with van der Waals surface area (Å²) in [5, 5.41) is 8.42. The highest BCUT2D eigenvalue weighted by atomic mass is 16.5. The van der Waals surface area contributed by atoms with Crippen LogP contribution in [0.2, 0.25) is 0 Å². The van der Waals surface area contributed by atoms with Crippen molar-refractivity contribution < 1.29 is 4.74 Å². The standard InChI is InChI=1S/C13H16N4O/c14-9-12-15-16-13(11-7-4-8-18-11)17(12)10-5-2-1-3-6-10/h1-3,5-6,11H,4,7-9,14H2. The van der Waals surface area contributed by atoms with E-state index in [9.17, 15) is 0 Å². The van der Waals surface area contributed by atoms with E-state index in [0.29, 0.717) is 6.54 Å². The summed E-state index contributed by atoms with van der Waals surface area (Å²) in [4.78, 5) is 0. The van der Waals surface area contributed by atoms with Crippen LogP contribution in [0.25, 0.3) is 5.69 Å². The number of benzene rings is 1. The van der Waals surface area contributed by atoms with Gasteiger partial charge in [-0.1, -0.05) is 18.2 Å². The molecule has 0 saturated carbocycles. The van der Waals surface area contributed by atoms with E-state index < -0.39 is 0 Å². The lowest BCUT2D eigenvalue weighted by molar-refractivity contribution is 0.103. The highest BCUT2D eigenvalue weighted by Gasteiger charge is 2.25. The molecule has 2 aromatic rings. The lowest BCUT2D eigenvalue weighted by Crippen LogP contribution is -2.11. The van der Waals surface area contributed by atoms with E-state index in [4.69, 9.17) is 10.5 Å². The van der Waals surface area contributed by atoms with Gasteiger partial charge in [0.25, 0.3) is 0 Å². The molecule has 5 nitrogen and oxygen atoms in total. The molecule has 1 aromatic heterocycles. The van der Waals surface area contributed by atoms with Crippen LogP contribution in [0.4, 0.5) is 0 Å². The maximum absolute atomic E-state index is 5.74. The average Bonchev–Trinajstić information content (AvgIpc) is 3.08. The van der Waals surface area contributed by atoms with E-state index in [1.807, 2.05) is 34.9 Å². The molecule has 1 aromatic carbocycles. The van der Waals surface area contributed by atoms with Gasteiger partial charge in [0, 0.05) is 12.3 Å². The molecule has 3 rings (SSSR count). The molecule has 0 bridgehead atoms. The fourth-order valence-corrected chi connectivity index (χ4v) is 2.31. The van der Waals surface area contributed by atoms with Crippen LogP contribution in [-0.2, 0) is 11.3 Å². The van der Waals surface area contributed by atoms with Crippen molar-refractivity contribution in [3.8, 4) is 5.69 Å². The van der Waals surface area contributed by atoms with E-state index in [-0.39, 0.29) is 6.10 Å². The Balaban J connectivity index is 2.07. The van der Waals surface area contributed by atoms with E-state index in [1.54, 1.807) is 0 Å². The van der Waals surface area contributed by atoms with Gasteiger partial charge < -0.3 is 10.5 Å². The van der Waals surface area contributed by atoms with Crippen LogP contribution in [0.3, 0.4) is 0 Å². The average molecular weight is 244 g/mol. The largest absolute Gasteiger partial charge is 0.370 e. The first kappa shape index (κ1) is 11.4. The SMILES string of the molecule is NCc1nnc(C2CCCO2)n1-c1ccccc1. The van der Waals surface area contributed by atoms with Gasteiger partial charge in [0.05, 0.1) is 6.54 Å². The van der Waals surface area contributed by atoms with Gasteiger partial charge in [-0.25, -0.2) is 0 Å². The molecule has 2 N–H and O–H groups in total. The van der Waals surface area contributed by atoms with Crippen molar-refractivity contribution in [2.24, 2.45) is 5.73 Å². The number of hydrogen-bond acceptors (Lipinski definition) is 4. The van der Waals surface area contributed by atoms with E-state index in [0.717, 1.165) is 36.8 Å². The Labute approximate surface area is 106 Å². The number of nitrogens with zero attached hydrogens (tertiary/aromatic N) is 3. The molecule has 0 amide bonds. The summed E-state index contributed by atoms with van der Waals surface area (Å²) < 4.78 is 7.70. The smallest absolute Gasteiger partial charge is 0.166 e. The molecule has 2 heterocycles. The van der Waals surface area contributed by atoms with Crippen molar-refractivity contribution in [3.63, 3.8) is 0 Å². The highest BCUT2D eigenvalue weighted by molar-refractivity contribution is 5.34. The van der Waals surface area contributed by atoms with Crippen molar-refractivity contribution in [2.45, 2.75) is 25.5 Å². The topological polar surface area (TPSA) is 66.0 Å². The normalized spacial score (nSPS) is 19.3. The third-order valence-electron chi connectivity index (χ3n) is 3.17. The van der Waals surface area contributed by atoms with E-state index >= 15 is 0 Å². The van der Waals surface area contributed by atoms with Crippen LogP contribution < -0.4 is 5.73 Å². The molecule has 0 radical (unpaired) electrons. The summed E-state index contributed by atoms with van der Waals surface area (Å²) in [6, 6.07) is 10.0. The van der Waals surface area contributed by atoms with Gasteiger partial charge in [0.15, 0.2) is 11.6 Å². The number of nitrogens with two attached hydrogens (primary N) is 1. The fraction of sp³-hybridized carbons (Fsp3) is 0.385. The van der Waals surface area contributed by atoms with Crippen molar-refractivity contribution in [3.05, 3.63) is 42.0 Å². The number of hydrogen-bond donors (Lipinski definition) is 1. The Bertz CT molecular complexity index is 517. The van der Waals surface area contributed by atoms with Crippen LogP contribution >= 0.6 is 0 Å². The third kappa shape index (κ3) is 1.91. The minimum absolute atomic E-state index is 0.0398. The van der Waals surface area contributed by atoms with Gasteiger partial charge in [0.2, 0.25) is 0 Å². The van der Waals surface area contributed by atoms with Gasteiger partial charge in [0.1, 0.15) is 6.10 Å². The number of rotatable bonds is 3. The fourth-order valence-electron chi connectivity index (χ4n) is 2.31. The van der Waals surface area contributed by atoms with Gasteiger partial charge in [-0.05, 0) is 25.0 Å². The summed E-state index contributed by atoms with van der Waals surface area (Å²) in [5.74, 6) is 1.63. The van der Waals surface area contributed by atoms with Crippen molar-refractivity contribution in [2.75, 3.05) is 6.61 Å². The summed E-state index contributed by atoms with van der Waals surface area (Å²) in [6.45, 7) is 1.17. The van der Waals surface area contributed by atoms with Gasteiger partial charge in [-0.3, -0.25) is 4.57 Å². The van der Waals surface area contributed by atoms with Crippen molar-refractivity contribution >= 4 is 0 Å². The summed E-state index contributed by atoms with van der Waals surface area (Å²) in [6.07, 6.45) is 2.11. The molecule has 94 valence electrons. The zero-order chi connectivity index (χ0) is 12.4. The summed E-state index contributed by atoms with van der Waals surface area (Å²) in [5.41, 5.74) is 6.77. The Morgan fingerprint density at radius 2 is 2.11 bits per heavy atom. The van der Waals surface area contributed by atoms with Gasteiger partial charge in [-0.2, -0.15) is 0 Å². The molecular formula is C13H16N4O. The van der Waals surface area contributed by atoms with Crippen molar-refractivity contribution in [1.29, 1.82) is 0 Å². The van der Waals surface area contributed by atoms with E-state index in [2.05, 4.69) is 10.2 Å². The molecule has 0 spiro atoms. The predicted octanol–water partition coefficient (Wildman–Crippen LogP) is 1.58. The van der Waals surface area contributed by atoms with Crippen LogP contribution in [0.5, 0.6) is 0 Å². The van der Waals surface area contributed by atoms with Gasteiger partial charge in [-0.15, -0.1) is 10.2 Å². The molecule has 0 aliphatic carbocycles. The second-order valence-corrected chi connectivity index (χ2v) is 4.35. The Hall–Kier alpha value is -1.72. The summed E-state index contributed by atoms with van der Waals surface area (Å²) >= 11 is 0. The Kier molecular flexibility index (Phi) is 3.08. The zero-order valence-electron chi connectivity index (χ0n) is 10.1. The van der Waals surface area contributed by atoms with Gasteiger partial charge >= 0.3 is 0 Å². The number of para-hydroxylation sites is 1. The molecular weight excluding hydrogens is 228 g/mol. The zero-order valence-corrected chi connectivity index (χ0v) is 10.1. The maximum Gasteiger partial charge on any atom is 0.166 e. The first-order valence-corrected chi connectivity index (χ1v) is 6.21. The Morgan fingerprint density at radius 3 is 2.78 bits per heavy atom. The van der Waals surface area contributed by atoms with Crippen LogP contribution in [0.1, 0.15) is 30.6 Å². The Morgan fingerprint density at radius 1 is 1.28 bits per heavy atom. The van der Waals surface area contributed by atoms with Crippen LogP contribution in [0, 0.1) is 0 Å². The first-order valence-electron chi connectivity index (χ1n) is 6.21. The lowest BCUT2D eigenvalue weighted by atomic mass is 10.2. The molecule has 1 aliphatic heterocycles. The molecule has 1 unspecified atom stereocenters. The first-order chi connectivity index (χ1) is 8.90. The number of aromatic nitrogens is 3. The molecule has 1 saturated heterocycles. The quantitative estimate of drug-likeness (QED) is 0.890. The van der Waals surface area contributed by atoms with E-state index in [1.165, 1.54) is 0 Å². The molecule has 1 fully saturated rings. The maximum atomic E-state index is 5.74. The number of ether oxygens (including phenoxy) is 1.